The molecule has 0 aliphatic rings. The lowest BCUT2D eigenvalue weighted by molar-refractivity contribution is -0.126. The van der Waals surface area contributed by atoms with Crippen molar-refractivity contribution in [3.8, 4) is 0 Å². The van der Waals surface area contributed by atoms with Crippen molar-refractivity contribution in [2.75, 3.05) is 0 Å². The van der Waals surface area contributed by atoms with Crippen LogP contribution in [-0.2, 0) is 9.59 Å². The fraction of sp³-hybridized carbons (Fsp3) is 0.818. The van der Waals surface area contributed by atoms with E-state index in [0.29, 0.717) is 18.7 Å². The van der Waals surface area contributed by atoms with Crippen molar-refractivity contribution in [3.05, 3.63) is 0 Å². The minimum atomic E-state index is -0.405. The first kappa shape index (κ1) is 13.9. The Balaban J connectivity index is 4.03. The molecule has 4 heteroatoms. The van der Waals surface area contributed by atoms with Gasteiger partial charge in [-0.2, -0.15) is 0 Å². The van der Waals surface area contributed by atoms with Crippen LogP contribution in [0.4, 0.5) is 0 Å². The van der Waals surface area contributed by atoms with Crippen LogP contribution in [-0.4, -0.2) is 24.4 Å². The Kier molecular flexibility index (Phi) is 6.75. The molecule has 0 aromatic rings. The van der Waals surface area contributed by atoms with E-state index in [1.165, 1.54) is 0 Å². The maximum atomic E-state index is 11.6. The minimum Gasteiger partial charge on any atom is -0.352 e. The van der Waals surface area contributed by atoms with Gasteiger partial charge in [0.15, 0.2) is 0 Å². The Morgan fingerprint density at radius 1 is 1.33 bits per heavy atom. The van der Waals surface area contributed by atoms with Crippen LogP contribution in [0, 0.1) is 5.92 Å². The second kappa shape index (κ2) is 7.26. The zero-order valence-electron chi connectivity index (χ0n) is 10.0. The van der Waals surface area contributed by atoms with Gasteiger partial charge in [-0.05, 0) is 25.7 Å². The van der Waals surface area contributed by atoms with Crippen LogP contribution in [0.3, 0.4) is 0 Å². The average molecular weight is 214 g/mol. The summed E-state index contributed by atoms with van der Waals surface area (Å²) in [5.74, 6) is 0.456. The normalized spacial score (nSPS) is 14.5. The lowest BCUT2D eigenvalue weighted by Crippen LogP contribution is -2.46. The van der Waals surface area contributed by atoms with Crippen LogP contribution in [0.1, 0.15) is 40.5 Å². The monoisotopic (exact) mass is 214 g/mol. The lowest BCUT2D eigenvalue weighted by Gasteiger charge is -2.19. The quantitative estimate of drug-likeness (QED) is 0.623. The van der Waals surface area contributed by atoms with E-state index in [1.807, 2.05) is 13.8 Å². The molecule has 0 aromatic carbocycles. The molecule has 0 fully saturated rings. The van der Waals surface area contributed by atoms with E-state index < -0.39 is 6.04 Å². The first-order valence-electron chi connectivity index (χ1n) is 5.51. The number of hydrogen-bond acceptors (Lipinski definition) is 2. The van der Waals surface area contributed by atoms with Gasteiger partial charge >= 0.3 is 0 Å². The Labute approximate surface area is 91.8 Å². The number of carbonyl (C=O) groups is 2. The van der Waals surface area contributed by atoms with Crippen molar-refractivity contribution in [1.82, 2.24) is 10.6 Å². The highest BCUT2D eigenvalue weighted by atomic mass is 16.2. The zero-order chi connectivity index (χ0) is 11.8. The summed E-state index contributed by atoms with van der Waals surface area (Å²) in [4.78, 5) is 21.9. The summed E-state index contributed by atoms with van der Waals surface area (Å²) in [5.41, 5.74) is 0. The van der Waals surface area contributed by atoms with Crippen molar-refractivity contribution >= 4 is 12.3 Å². The van der Waals surface area contributed by atoms with Gasteiger partial charge in [0.25, 0.3) is 0 Å². The summed E-state index contributed by atoms with van der Waals surface area (Å²) >= 11 is 0. The molecule has 0 aromatic heterocycles. The van der Waals surface area contributed by atoms with Gasteiger partial charge in [-0.15, -0.1) is 0 Å². The molecule has 88 valence electrons. The maximum absolute atomic E-state index is 11.6. The molecular formula is C11H22N2O2. The van der Waals surface area contributed by atoms with E-state index in [4.69, 9.17) is 0 Å². The second-order valence-corrected chi connectivity index (χ2v) is 4.28. The molecule has 0 saturated carbocycles. The molecule has 2 unspecified atom stereocenters. The van der Waals surface area contributed by atoms with Gasteiger partial charge in [0.2, 0.25) is 12.3 Å². The lowest BCUT2D eigenvalue weighted by atomic mass is 10.0. The van der Waals surface area contributed by atoms with Gasteiger partial charge < -0.3 is 10.6 Å². The predicted octanol–water partition coefficient (Wildman–Crippen LogP) is 1.06. The van der Waals surface area contributed by atoms with Gasteiger partial charge in [-0.1, -0.05) is 20.8 Å². The molecule has 2 amide bonds. The molecule has 0 radical (unpaired) electrons. The molecular weight excluding hydrogens is 192 g/mol. The van der Waals surface area contributed by atoms with Crippen LogP contribution < -0.4 is 10.6 Å². The zero-order valence-corrected chi connectivity index (χ0v) is 10.0. The highest BCUT2D eigenvalue weighted by Crippen LogP contribution is 2.04. The third kappa shape index (κ3) is 6.10. The van der Waals surface area contributed by atoms with Crippen LogP contribution in [0.15, 0.2) is 0 Å². The largest absolute Gasteiger partial charge is 0.352 e. The number of hydrogen-bond donors (Lipinski definition) is 2. The van der Waals surface area contributed by atoms with Crippen molar-refractivity contribution in [2.45, 2.75) is 52.6 Å². The van der Waals surface area contributed by atoms with E-state index in [1.54, 1.807) is 0 Å². The van der Waals surface area contributed by atoms with Crippen molar-refractivity contribution < 1.29 is 9.59 Å². The molecule has 2 atom stereocenters. The van der Waals surface area contributed by atoms with Crippen molar-refractivity contribution in [1.29, 1.82) is 0 Å². The fourth-order valence-electron chi connectivity index (χ4n) is 1.57. The molecule has 0 rings (SSSR count). The van der Waals surface area contributed by atoms with Crippen LogP contribution in [0.25, 0.3) is 0 Å². The molecule has 2 N–H and O–H groups in total. The van der Waals surface area contributed by atoms with Crippen LogP contribution in [0.5, 0.6) is 0 Å². The first-order chi connectivity index (χ1) is 7.01. The molecule has 15 heavy (non-hydrogen) atoms. The molecule has 0 aliphatic carbocycles. The average Bonchev–Trinajstić information content (AvgIpc) is 2.12. The van der Waals surface area contributed by atoms with Gasteiger partial charge in [0, 0.05) is 6.04 Å². The number of nitrogens with one attached hydrogen (secondary N) is 2. The van der Waals surface area contributed by atoms with Crippen molar-refractivity contribution in [2.24, 2.45) is 5.92 Å². The summed E-state index contributed by atoms with van der Waals surface area (Å²) < 4.78 is 0. The highest BCUT2D eigenvalue weighted by molar-refractivity contribution is 5.83. The van der Waals surface area contributed by atoms with Crippen LogP contribution >= 0.6 is 0 Å². The third-order valence-corrected chi connectivity index (χ3v) is 2.21. The van der Waals surface area contributed by atoms with Crippen LogP contribution in [0.2, 0.25) is 0 Å². The van der Waals surface area contributed by atoms with E-state index in [-0.39, 0.29) is 11.9 Å². The molecule has 0 aliphatic heterocycles. The summed E-state index contributed by atoms with van der Waals surface area (Å²) in [6.45, 7) is 8.08. The summed E-state index contributed by atoms with van der Waals surface area (Å²) in [6, 6.07) is -0.253. The Morgan fingerprint density at radius 3 is 2.33 bits per heavy atom. The highest BCUT2D eigenvalue weighted by Gasteiger charge is 2.17. The molecule has 0 spiro atoms. The number of carbonyl (C=O) groups excluding carboxylic acids is 2. The fourth-order valence-corrected chi connectivity index (χ4v) is 1.57. The molecule has 0 heterocycles. The van der Waals surface area contributed by atoms with E-state index >= 15 is 0 Å². The summed E-state index contributed by atoms with van der Waals surface area (Å²) in [7, 11) is 0. The Bertz CT molecular complexity index is 205. The SMILES string of the molecule is CCC(NC=O)C(=O)NC(C)CC(C)C. The number of amides is 2. The number of rotatable bonds is 7. The van der Waals surface area contributed by atoms with Gasteiger partial charge in [-0.3, -0.25) is 9.59 Å². The molecule has 4 nitrogen and oxygen atoms in total. The second-order valence-electron chi connectivity index (χ2n) is 4.28. The maximum Gasteiger partial charge on any atom is 0.242 e. The van der Waals surface area contributed by atoms with E-state index in [0.717, 1.165) is 6.42 Å². The standard InChI is InChI=1S/C11H22N2O2/c1-5-10(12-7-14)11(15)13-9(4)6-8(2)3/h7-10H,5-6H2,1-4H3,(H,12,14)(H,13,15). The molecule has 0 saturated heterocycles. The predicted molar refractivity (Wildman–Crippen MR) is 60.3 cm³/mol. The summed E-state index contributed by atoms with van der Waals surface area (Å²) in [6.07, 6.45) is 2.13. The van der Waals surface area contributed by atoms with E-state index in [9.17, 15) is 9.59 Å². The van der Waals surface area contributed by atoms with Gasteiger partial charge in [0.05, 0.1) is 0 Å². The smallest absolute Gasteiger partial charge is 0.242 e. The van der Waals surface area contributed by atoms with E-state index in [2.05, 4.69) is 24.5 Å². The first-order valence-corrected chi connectivity index (χ1v) is 5.51. The van der Waals surface area contributed by atoms with Gasteiger partial charge in [0.1, 0.15) is 6.04 Å². The van der Waals surface area contributed by atoms with Crippen molar-refractivity contribution in [3.63, 3.8) is 0 Å². The topological polar surface area (TPSA) is 58.2 Å². The summed E-state index contributed by atoms with van der Waals surface area (Å²) in [5, 5.41) is 5.38. The Morgan fingerprint density at radius 2 is 1.93 bits per heavy atom. The third-order valence-electron chi connectivity index (χ3n) is 2.21. The van der Waals surface area contributed by atoms with Gasteiger partial charge in [-0.25, -0.2) is 0 Å². The Hall–Kier alpha value is -1.06. The minimum absolute atomic E-state index is 0.0993. The molecule has 0 bridgehead atoms.